The zero-order chi connectivity index (χ0) is 18.6. The maximum absolute atomic E-state index is 12.5. The molecule has 0 spiro atoms. The van der Waals surface area contributed by atoms with Crippen LogP contribution in [0.3, 0.4) is 0 Å². The lowest BCUT2D eigenvalue weighted by molar-refractivity contribution is -0.384. The molecule has 1 amide bonds. The van der Waals surface area contributed by atoms with Crippen LogP contribution in [0.2, 0.25) is 0 Å². The maximum Gasteiger partial charge on any atom is 0.293 e. The van der Waals surface area contributed by atoms with E-state index in [1.165, 1.54) is 6.07 Å². The van der Waals surface area contributed by atoms with Crippen molar-refractivity contribution in [1.82, 2.24) is 5.32 Å². The number of rotatable bonds is 6. The Balaban J connectivity index is 2.21. The second-order valence-electron chi connectivity index (χ2n) is 6.47. The number of hydrogen-bond donors (Lipinski definition) is 2. The first-order valence-electron chi connectivity index (χ1n) is 8.19. The van der Waals surface area contributed by atoms with Gasteiger partial charge in [-0.2, -0.15) is 0 Å². The van der Waals surface area contributed by atoms with Gasteiger partial charge >= 0.3 is 0 Å². The van der Waals surface area contributed by atoms with Crippen LogP contribution in [-0.4, -0.2) is 17.4 Å². The Morgan fingerprint density at radius 3 is 2.44 bits per heavy atom. The zero-order valence-corrected chi connectivity index (χ0v) is 14.7. The number of nitrogens with zero attached hydrogens (tertiary/aromatic N) is 1. The van der Waals surface area contributed by atoms with Crippen LogP contribution in [0.15, 0.2) is 42.5 Å². The number of hydrogen-bond acceptors (Lipinski definition) is 4. The Morgan fingerprint density at radius 1 is 1.24 bits per heavy atom. The number of nitro groups is 1. The van der Waals surface area contributed by atoms with Gasteiger partial charge in [-0.1, -0.05) is 44.2 Å². The van der Waals surface area contributed by atoms with E-state index >= 15 is 0 Å². The van der Waals surface area contributed by atoms with Crippen molar-refractivity contribution >= 4 is 17.3 Å². The van der Waals surface area contributed by atoms with Gasteiger partial charge in [0.1, 0.15) is 5.69 Å². The summed E-state index contributed by atoms with van der Waals surface area (Å²) in [4.78, 5) is 23.1. The number of nitrogens with two attached hydrogens (primary N) is 1. The van der Waals surface area contributed by atoms with Gasteiger partial charge < -0.3 is 11.1 Å². The number of nitro benzene ring substituents is 1. The van der Waals surface area contributed by atoms with Crippen LogP contribution in [0.25, 0.3) is 0 Å². The van der Waals surface area contributed by atoms with Crippen LogP contribution in [0, 0.1) is 23.0 Å². The summed E-state index contributed by atoms with van der Waals surface area (Å²) in [6, 6.07) is 12.9. The van der Waals surface area contributed by atoms with Crippen molar-refractivity contribution in [2.45, 2.75) is 26.7 Å². The molecule has 132 valence electrons. The van der Waals surface area contributed by atoms with E-state index in [-0.39, 0.29) is 22.9 Å². The van der Waals surface area contributed by atoms with Gasteiger partial charge in [-0.05, 0) is 30.0 Å². The van der Waals surface area contributed by atoms with E-state index in [4.69, 9.17) is 5.73 Å². The van der Waals surface area contributed by atoms with Crippen LogP contribution in [-0.2, 0) is 0 Å². The first kappa shape index (κ1) is 18.4. The molecule has 6 nitrogen and oxygen atoms in total. The number of carbonyl (C=O) groups excluding carboxylic acids is 1. The van der Waals surface area contributed by atoms with E-state index < -0.39 is 10.8 Å². The molecule has 0 bridgehead atoms. The number of nitrogens with one attached hydrogen (secondary N) is 1. The Hall–Kier alpha value is -2.89. The minimum atomic E-state index is -0.569. The highest BCUT2D eigenvalue weighted by atomic mass is 16.6. The van der Waals surface area contributed by atoms with Gasteiger partial charge in [0, 0.05) is 18.5 Å². The number of anilines is 1. The predicted molar refractivity (Wildman–Crippen MR) is 98.6 cm³/mol. The Labute approximate surface area is 147 Å². The van der Waals surface area contributed by atoms with Crippen LogP contribution < -0.4 is 11.1 Å². The number of carbonyl (C=O) groups is 1. The molecule has 0 saturated heterocycles. The van der Waals surface area contributed by atoms with E-state index in [2.05, 4.69) is 19.2 Å². The van der Waals surface area contributed by atoms with Gasteiger partial charge in [0.05, 0.1) is 10.5 Å². The summed E-state index contributed by atoms with van der Waals surface area (Å²) in [5.41, 5.74) is 7.38. The van der Waals surface area contributed by atoms with Gasteiger partial charge in [0.25, 0.3) is 11.6 Å². The SMILES string of the molecule is Cc1cc(C(=O)NCC(c2ccccc2)C(C)C)c(N)c([N+](=O)[O-])c1. The minimum absolute atomic E-state index is 0.103. The minimum Gasteiger partial charge on any atom is -0.393 e. The third kappa shape index (κ3) is 4.35. The lowest BCUT2D eigenvalue weighted by Crippen LogP contribution is -2.31. The first-order valence-corrected chi connectivity index (χ1v) is 8.19. The van der Waals surface area contributed by atoms with Crippen molar-refractivity contribution in [3.8, 4) is 0 Å². The average molecular weight is 341 g/mol. The van der Waals surface area contributed by atoms with E-state index in [9.17, 15) is 14.9 Å². The van der Waals surface area contributed by atoms with E-state index in [0.29, 0.717) is 18.0 Å². The number of amides is 1. The Bertz CT molecular complexity index is 773. The molecule has 2 rings (SSSR count). The monoisotopic (exact) mass is 341 g/mol. The molecule has 2 aromatic rings. The largest absolute Gasteiger partial charge is 0.393 e. The van der Waals surface area contributed by atoms with Crippen molar-refractivity contribution < 1.29 is 9.72 Å². The van der Waals surface area contributed by atoms with Crippen molar-refractivity contribution in [3.63, 3.8) is 0 Å². The predicted octanol–water partition coefficient (Wildman–Crippen LogP) is 3.66. The second-order valence-corrected chi connectivity index (χ2v) is 6.47. The van der Waals surface area contributed by atoms with Crippen molar-refractivity contribution in [3.05, 3.63) is 69.3 Å². The number of aryl methyl sites for hydroxylation is 1. The molecule has 0 radical (unpaired) electrons. The van der Waals surface area contributed by atoms with Crippen molar-refractivity contribution in [2.75, 3.05) is 12.3 Å². The van der Waals surface area contributed by atoms with Gasteiger partial charge in [-0.15, -0.1) is 0 Å². The quantitative estimate of drug-likeness (QED) is 0.476. The fourth-order valence-electron chi connectivity index (χ4n) is 2.85. The summed E-state index contributed by atoms with van der Waals surface area (Å²) in [5.74, 6) is 0.0731. The van der Waals surface area contributed by atoms with Gasteiger partial charge in [0.2, 0.25) is 0 Å². The molecule has 0 fully saturated rings. The number of nitrogen functional groups attached to an aromatic ring is 1. The van der Waals surface area contributed by atoms with Crippen LogP contribution >= 0.6 is 0 Å². The zero-order valence-electron chi connectivity index (χ0n) is 14.7. The molecule has 0 aliphatic heterocycles. The smallest absolute Gasteiger partial charge is 0.293 e. The summed E-state index contributed by atoms with van der Waals surface area (Å²) < 4.78 is 0. The lowest BCUT2D eigenvalue weighted by atomic mass is 9.88. The third-order valence-corrected chi connectivity index (χ3v) is 4.26. The molecule has 0 heterocycles. The Kier molecular flexibility index (Phi) is 5.75. The number of benzene rings is 2. The van der Waals surface area contributed by atoms with E-state index in [1.54, 1.807) is 13.0 Å². The fraction of sp³-hybridized carbons (Fsp3) is 0.316. The molecule has 1 unspecified atom stereocenters. The fourth-order valence-corrected chi connectivity index (χ4v) is 2.85. The van der Waals surface area contributed by atoms with E-state index in [1.807, 2.05) is 30.3 Å². The topological polar surface area (TPSA) is 98.3 Å². The highest BCUT2D eigenvalue weighted by molar-refractivity contribution is 6.01. The molecule has 0 saturated carbocycles. The summed E-state index contributed by atoms with van der Waals surface area (Å²) in [7, 11) is 0. The molecule has 25 heavy (non-hydrogen) atoms. The lowest BCUT2D eigenvalue weighted by Gasteiger charge is -2.22. The van der Waals surface area contributed by atoms with Crippen molar-refractivity contribution in [2.24, 2.45) is 5.92 Å². The maximum atomic E-state index is 12.5. The molecular weight excluding hydrogens is 318 g/mol. The van der Waals surface area contributed by atoms with Crippen molar-refractivity contribution in [1.29, 1.82) is 0 Å². The van der Waals surface area contributed by atoms with Crippen LogP contribution in [0.4, 0.5) is 11.4 Å². The average Bonchev–Trinajstić information content (AvgIpc) is 2.57. The highest BCUT2D eigenvalue weighted by Crippen LogP contribution is 2.28. The molecule has 1 atom stereocenters. The molecule has 0 aromatic heterocycles. The normalized spacial score (nSPS) is 12.0. The van der Waals surface area contributed by atoms with Gasteiger partial charge in [-0.25, -0.2) is 0 Å². The standard InChI is InChI=1S/C19H23N3O3/c1-12(2)16(14-7-5-4-6-8-14)11-21-19(23)15-9-13(3)10-17(18(15)20)22(24)25/h4-10,12,16H,11,20H2,1-3H3,(H,21,23). The molecular formula is C19H23N3O3. The summed E-state index contributed by atoms with van der Waals surface area (Å²) >= 11 is 0. The summed E-state index contributed by atoms with van der Waals surface area (Å²) in [6.45, 7) is 6.32. The highest BCUT2D eigenvalue weighted by Gasteiger charge is 2.22. The molecule has 2 aromatic carbocycles. The molecule has 6 heteroatoms. The Morgan fingerprint density at radius 2 is 1.88 bits per heavy atom. The molecule has 3 N–H and O–H groups in total. The van der Waals surface area contributed by atoms with E-state index in [0.717, 1.165) is 5.56 Å². The van der Waals surface area contributed by atoms with Gasteiger partial charge in [0.15, 0.2) is 0 Å². The van der Waals surface area contributed by atoms with Crippen LogP contribution in [0.1, 0.15) is 41.3 Å². The third-order valence-electron chi connectivity index (χ3n) is 4.26. The summed E-state index contributed by atoms with van der Waals surface area (Å²) in [6.07, 6.45) is 0. The summed E-state index contributed by atoms with van der Waals surface area (Å²) in [5, 5.41) is 14.0. The van der Waals surface area contributed by atoms with Crippen LogP contribution in [0.5, 0.6) is 0 Å². The molecule has 0 aliphatic rings. The second kappa shape index (κ2) is 7.79. The van der Waals surface area contributed by atoms with Gasteiger partial charge in [-0.3, -0.25) is 14.9 Å². The molecule has 0 aliphatic carbocycles. The first-order chi connectivity index (χ1) is 11.8.